The second-order valence-corrected chi connectivity index (χ2v) is 6.76. The summed E-state index contributed by atoms with van der Waals surface area (Å²) >= 11 is 0. The predicted octanol–water partition coefficient (Wildman–Crippen LogP) is 3.26. The number of hydrogen-bond acceptors (Lipinski definition) is 6. The van der Waals surface area contributed by atoms with Crippen molar-refractivity contribution in [3.05, 3.63) is 60.3 Å². The number of hydrogen-bond donors (Lipinski definition) is 1. The Balaban J connectivity index is 1.60. The van der Waals surface area contributed by atoms with E-state index < -0.39 is 5.91 Å². The van der Waals surface area contributed by atoms with Gasteiger partial charge in [-0.15, -0.1) is 0 Å². The van der Waals surface area contributed by atoms with Crippen LogP contribution in [0.15, 0.2) is 60.3 Å². The van der Waals surface area contributed by atoms with Crippen molar-refractivity contribution in [1.82, 2.24) is 4.90 Å². The minimum atomic E-state index is -0.422. The van der Waals surface area contributed by atoms with Gasteiger partial charge in [-0.2, -0.15) is 5.26 Å². The van der Waals surface area contributed by atoms with Gasteiger partial charge in [0.1, 0.15) is 23.1 Å². The lowest BCUT2D eigenvalue weighted by molar-refractivity contribution is -0.112. The summed E-state index contributed by atoms with van der Waals surface area (Å²) < 4.78 is 10.8. The molecule has 7 heteroatoms. The molecule has 0 radical (unpaired) electrons. The molecule has 30 heavy (non-hydrogen) atoms. The maximum absolute atomic E-state index is 12.5. The number of nitrogens with one attached hydrogen (secondary N) is 1. The number of anilines is 2. The molecule has 1 aliphatic heterocycles. The fourth-order valence-corrected chi connectivity index (χ4v) is 3.30. The van der Waals surface area contributed by atoms with E-state index in [4.69, 9.17) is 9.47 Å². The second-order valence-electron chi connectivity index (χ2n) is 6.76. The molecule has 2 aromatic carbocycles. The van der Waals surface area contributed by atoms with Crippen LogP contribution in [0.4, 0.5) is 11.4 Å². The molecule has 0 atom stereocenters. The Morgan fingerprint density at radius 3 is 2.47 bits per heavy atom. The van der Waals surface area contributed by atoms with Gasteiger partial charge < -0.3 is 24.6 Å². The van der Waals surface area contributed by atoms with Gasteiger partial charge in [0.2, 0.25) is 0 Å². The molecule has 1 saturated heterocycles. The van der Waals surface area contributed by atoms with Crippen molar-refractivity contribution in [2.24, 2.45) is 0 Å². The normalized spacial score (nSPS) is 14.1. The van der Waals surface area contributed by atoms with Crippen LogP contribution in [0.5, 0.6) is 11.5 Å². The SMILES string of the molecule is CCOc1ccc(NC(=O)/C(C#N)=C\N2CCN(c3ccccc3OC)CC2)cc1. The Bertz CT molecular complexity index is 926. The molecule has 0 spiro atoms. The lowest BCUT2D eigenvalue weighted by atomic mass is 10.2. The van der Waals surface area contributed by atoms with E-state index in [2.05, 4.69) is 10.2 Å². The molecule has 156 valence electrons. The van der Waals surface area contributed by atoms with Crippen LogP contribution in [0.2, 0.25) is 0 Å². The highest BCUT2D eigenvalue weighted by atomic mass is 16.5. The molecule has 1 amide bonds. The van der Waals surface area contributed by atoms with E-state index in [-0.39, 0.29) is 5.57 Å². The molecule has 0 aliphatic carbocycles. The standard InChI is InChI=1S/C23H26N4O3/c1-3-30-20-10-8-19(9-11-20)25-23(28)18(16-24)17-26-12-14-27(15-13-26)21-6-4-5-7-22(21)29-2/h4-11,17H,3,12-15H2,1-2H3,(H,25,28)/b18-17-. The molecule has 0 bridgehead atoms. The number of methoxy groups -OCH3 is 1. The van der Waals surface area contributed by atoms with Gasteiger partial charge in [0.15, 0.2) is 0 Å². The Morgan fingerprint density at radius 1 is 1.13 bits per heavy atom. The number of piperazine rings is 1. The number of benzene rings is 2. The molecule has 1 heterocycles. The van der Waals surface area contributed by atoms with E-state index in [1.165, 1.54) is 0 Å². The fourth-order valence-electron chi connectivity index (χ4n) is 3.30. The van der Waals surface area contributed by atoms with Crippen molar-refractivity contribution >= 4 is 17.3 Å². The van der Waals surface area contributed by atoms with E-state index in [9.17, 15) is 10.1 Å². The summed E-state index contributed by atoms with van der Waals surface area (Å²) in [7, 11) is 1.67. The minimum Gasteiger partial charge on any atom is -0.495 e. The Hall–Kier alpha value is -3.66. The highest BCUT2D eigenvalue weighted by Gasteiger charge is 2.19. The average Bonchev–Trinajstić information content (AvgIpc) is 2.79. The van der Waals surface area contributed by atoms with Gasteiger partial charge in [0, 0.05) is 38.1 Å². The van der Waals surface area contributed by atoms with Gasteiger partial charge in [0.25, 0.3) is 5.91 Å². The average molecular weight is 406 g/mol. The fraction of sp³-hybridized carbons (Fsp3) is 0.304. The van der Waals surface area contributed by atoms with E-state index in [0.717, 1.165) is 30.3 Å². The first-order valence-corrected chi connectivity index (χ1v) is 9.92. The number of nitrogens with zero attached hydrogens (tertiary/aromatic N) is 3. The molecule has 0 saturated carbocycles. The Morgan fingerprint density at radius 2 is 1.83 bits per heavy atom. The van der Waals surface area contributed by atoms with Crippen LogP contribution < -0.4 is 19.7 Å². The van der Waals surface area contributed by atoms with Gasteiger partial charge in [-0.05, 0) is 43.3 Å². The van der Waals surface area contributed by atoms with Gasteiger partial charge in [-0.3, -0.25) is 4.79 Å². The summed E-state index contributed by atoms with van der Waals surface area (Å²) in [5.74, 6) is 1.15. The third-order valence-corrected chi connectivity index (χ3v) is 4.84. The molecule has 1 aliphatic rings. The van der Waals surface area contributed by atoms with Crippen molar-refractivity contribution in [2.75, 3.05) is 50.1 Å². The minimum absolute atomic E-state index is 0.0784. The maximum atomic E-state index is 12.5. The maximum Gasteiger partial charge on any atom is 0.267 e. The van der Waals surface area contributed by atoms with Crippen LogP contribution in [0.25, 0.3) is 0 Å². The molecular weight excluding hydrogens is 380 g/mol. The topological polar surface area (TPSA) is 77.8 Å². The number of amides is 1. The lowest BCUT2D eigenvalue weighted by Gasteiger charge is -2.36. The molecule has 0 aromatic heterocycles. The third-order valence-electron chi connectivity index (χ3n) is 4.84. The molecule has 2 aromatic rings. The monoisotopic (exact) mass is 406 g/mol. The number of ether oxygens (including phenoxy) is 2. The van der Waals surface area contributed by atoms with Crippen LogP contribution >= 0.6 is 0 Å². The highest BCUT2D eigenvalue weighted by molar-refractivity contribution is 6.06. The van der Waals surface area contributed by atoms with Gasteiger partial charge >= 0.3 is 0 Å². The zero-order chi connectivity index (χ0) is 21.3. The molecule has 7 nitrogen and oxygen atoms in total. The number of nitriles is 1. The first-order chi connectivity index (χ1) is 14.6. The number of para-hydroxylation sites is 2. The van der Waals surface area contributed by atoms with Crippen LogP contribution in [0.3, 0.4) is 0 Å². The smallest absolute Gasteiger partial charge is 0.267 e. The van der Waals surface area contributed by atoms with Crippen molar-refractivity contribution in [3.8, 4) is 17.6 Å². The van der Waals surface area contributed by atoms with Crippen LogP contribution in [-0.4, -0.2) is 50.7 Å². The van der Waals surface area contributed by atoms with Gasteiger partial charge in [0.05, 0.1) is 19.4 Å². The molecular formula is C23H26N4O3. The van der Waals surface area contributed by atoms with E-state index in [1.54, 1.807) is 37.6 Å². The quantitative estimate of drug-likeness (QED) is 0.562. The zero-order valence-corrected chi connectivity index (χ0v) is 17.3. The summed E-state index contributed by atoms with van der Waals surface area (Å²) in [6.07, 6.45) is 1.64. The van der Waals surface area contributed by atoms with Crippen LogP contribution in [0.1, 0.15) is 6.92 Å². The molecule has 0 unspecified atom stereocenters. The third kappa shape index (κ3) is 5.23. The number of carbonyl (C=O) groups excluding carboxylic acids is 1. The summed E-state index contributed by atoms with van der Waals surface area (Å²) in [5, 5.41) is 12.2. The van der Waals surface area contributed by atoms with E-state index in [1.807, 2.05) is 42.2 Å². The summed E-state index contributed by atoms with van der Waals surface area (Å²) in [6, 6.07) is 17.0. The number of carbonyl (C=O) groups is 1. The summed E-state index contributed by atoms with van der Waals surface area (Å²) in [4.78, 5) is 16.8. The van der Waals surface area contributed by atoms with Crippen LogP contribution in [0, 0.1) is 11.3 Å². The van der Waals surface area contributed by atoms with Crippen molar-refractivity contribution in [1.29, 1.82) is 5.26 Å². The first kappa shape index (κ1) is 21.1. The summed E-state index contributed by atoms with van der Waals surface area (Å²) in [5.41, 5.74) is 1.75. The van der Waals surface area contributed by atoms with Crippen molar-refractivity contribution in [3.63, 3.8) is 0 Å². The highest BCUT2D eigenvalue weighted by Crippen LogP contribution is 2.28. The Kier molecular flexibility index (Phi) is 7.17. The molecule has 1 N–H and O–H groups in total. The molecule has 3 rings (SSSR count). The van der Waals surface area contributed by atoms with Crippen LogP contribution in [-0.2, 0) is 4.79 Å². The van der Waals surface area contributed by atoms with E-state index >= 15 is 0 Å². The largest absolute Gasteiger partial charge is 0.495 e. The van der Waals surface area contributed by atoms with Crippen molar-refractivity contribution < 1.29 is 14.3 Å². The van der Waals surface area contributed by atoms with Gasteiger partial charge in [-0.1, -0.05) is 12.1 Å². The second kappa shape index (κ2) is 10.2. The Labute approximate surface area is 177 Å². The molecule has 1 fully saturated rings. The predicted molar refractivity (Wildman–Crippen MR) is 117 cm³/mol. The number of rotatable bonds is 7. The lowest BCUT2D eigenvalue weighted by Crippen LogP contribution is -2.44. The van der Waals surface area contributed by atoms with E-state index in [0.29, 0.717) is 25.4 Å². The van der Waals surface area contributed by atoms with Gasteiger partial charge in [-0.25, -0.2) is 0 Å². The zero-order valence-electron chi connectivity index (χ0n) is 17.3. The first-order valence-electron chi connectivity index (χ1n) is 9.92. The summed E-state index contributed by atoms with van der Waals surface area (Å²) in [6.45, 7) is 5.46. The van der Waals surface area contributed by atoms with Crippen molar-refractivity contribution in [2.45, 2.75) is 6.92 Å².